The number of nitrogens with zero attached hydrogens (tertiary/aromatic N) is 2. The van der Waals surface area contributed by atoms with Crippen molar-refractivity contribution < 1.29 is 23.7 Å². The number of methoxy groups -OCH3 is 1. The van der Waals surface area contributed by atoms with Crippen LogP contribution in [-0.4, -0.2) is 34.6 Å². The molecule has 2 aromatic rings. The molecule has 9 heteroatoms. The first-order chi connectivity index (χ1) is 12.9. The number of non-ortho nitro benzene ring substituents is 1. The van der Waals surface area contributed by atoms with Gasteiger partial charge in [-0.25, -0.2) is 0 Å². The number of amides is 2. The maximum atomic E-state index is 12.2. The Morgan fingerprint density at radius 2 is 2.15 bits per heavy atom. The molecule has 2 heterocycles. The van der Waals surface area contributed by atoms with E-state index in [9.17, 15) is 19.7 Å². The van der Waals surface area contributed by atoms with Gasteiger partial charge in [0.15, 0.2) is 0 Å². The highest BCUT2D eigenvalue weighted by Gasteiger charge is 2.34. The number of benzene rings is 1. The van der Waals surface area contributed by atoms with Crippen LogP contribution in [0.25, 0.3) is 17.4 Å². The lowest BCUT2D eigenvalue weighted by Crippen LogP contribution is -2.28. The zero-order valence-electron chi connectivity index (χ0n) is 14.0. The minimum Gasteiger partial charge on any atom is -0.496 e. The first kappa shape index (κ1) is 18.3. The Balaban J connectivity index is 1.93. The summed E-state index contributed by atoms with van der Waals surface area (Å²) in [4.78, 5) is 35.6. The zero-order chi connectivity index (χ0) is 19.6. The molecule has 0 N–H and O–H groups in total. The molecule has 27 heavy (non-hydrogen) atoms. The molecule has 0 radical (unpaired) electrons. The summed E-state index contributed by atoms with van der Waals surface area (Å²) in [5.41, 5.74) is 0.283. The SMILES string of the molecule is C#CCN1C(=O)SC(=Cc2ccc(-c3cc([N+](=O)[O-])ccc3OC)o2)C1=O. The second kappa shape index (κ2) is 7.39. The maximum absolute atomic E-state index is 12.2. The summed E-state index contributed by atoms with van der Waals surface area (Å²) in [5, 5.41) is 10.6. The van der Waals surface area contributed by atoms with Crippen LogP contribution in [-0.2, 0) is 4.79 Å². The first-order valence-corrected chi connectivity index (χ1v) is 8.37. The van der Waals surface area contributed by atoms with E-state index in [1.54, 1.807) is 12.1 Å². The minimum atomic E-state index is -0.520. The lowest BCUT2D eigenvalue weighted by atomic mass is 10.1. The predicted octanol–water partition coefficient (Wildman–Crippen LogP) is 3.53. The molecular formula is C18H12N2O6S. The van der Waals surface area contributed by atoms with Crippen LogP contribution in [0.5, 0.6) is 5.75 Å². The summed E-state index contributed by atoms with van der Waals surface area (Å²) >= 11 is 0.765. The van der Waals surface area contributed by atoms with Crippen LogP contribution in [0.2, 0.25) is 0 Å². The Kier molecular flexibility index (Phi) is 5.00. The van der Waals surface area contributed by atoms with Crippen molar-refractivity contribution in [2.45, 2.75) is 0 Å². The third-order valence-electron chi connectivity index (χ3n) is 3.68. The smallest absolute Gasteiger partial charge is 0.294 e. The Morgan fingerprint density at radius 1 is 1.37 bits per heavy atom. The Morgan fingerprint density at radius 3 is 2.81 bits per heavy atom. The number of rotatable bonds is 5. The van der Waals surface area contributed by atoms with Crippen LogP contribution in [0.1, 0.15) is 5.76 Å². The average molecular weight is 384 g/mol. The largest absolute Gasteiger partial charge is 0.496 e. The molecule has 0 aliphatic carbocycles. The standard InChI is InChI=1S/C18H12N2O6S/c1-3-8-19-17(21)16(27-18(19)22)10-12-5-7-15(26-12)13-9-11(20(23)24)4-6-14(13)25-2/h1,4-7,9-10H,8H2,2H3. The number of imide groups is 1. The van der Waals surface area contributed by atoms with Gasteiger partial charge in [0.1, 0.15) is 17.3 Å². The molecule has 136 valence electrons. The fourth-order valence-electron chi connectivity index (χ4n) is 2.43. The summed E-state index contributed by atoms with van der Waals surface area (Å²) in [6.07, 6.45) is 6.58. The van der Waals surface area contributed by atoms with Crippen LogP contribution >= 0.6 is 11.8 Å². The van der Waals surface area contributed by atoms with Crippen molar-refractivity contribution in [2.24, 2.45) is 0 Å². The van der Waals surface area contributed by atoms with Gasteiger partial charge in [0, 0.05) is 18.2 Å². The van der Waals surface area contributed by atoms with Gasteiger partial charge in [0.05, 0.1) is 29.0 Å². The van der Waals surface area contributed by atoms with Gasteiger partial charge < -0.3 is 9.15 Å². The van der Waals surface area contributed by atoms with E-state index in [1.807, 2.05) is 0 Å². The van der Waals surface area contributed by atoms with Crippen molar-refractivity contribution in [3.63, 3.8) is 0 Å². The van der Waals surface area contributed by atoms with E-state index < -0.39 is 16.1 Å². The van der Waals surface area contributed by atoms with Crippen LogP contribution in [0.15, 0.2) is 39.7 Å². The lowest BCUT2D eigenvalue weighted by molar-refractivity contribution is -0.384. The maximum Gasteiger partial charge on any atom is 0.294 e. The molecule has 1 saturated heterocycles. The van der Waals surface area contributed by atoms with Gasteiger partial charge in [-0.05, 0) is 30.0 Å². The van der Waals surface area contributed by atoms with Crippen molar-refractivity contribution in [1.29, 1.82) is 0 Å². The first-order valence-electron chi connectivity index (χ1n) is 7.56. The van der Waals surface area contributed by atoms with Gasteiger partial charge in [0.25, 0.3) is 16.8 Å². The van der Waals surface area contributed by atoms with E-state index in [0.29, 0.717) is 22.8 Å². The summed E-state index contributed by atoms with van der Waals surface area (Å²) in [6.45, 7) is -0.101. The quantitative estimate of drug-likeness (QED) is 0.336. The molecule has 1 aromatic heterocycles. The van der Waals surface area contributed by atoms with Gasteiger partial charge in [-0.15, -0.1) is 6.42 Å². The van der Waals surface area contributed by atoms with Gasteiger partial charge in [-0.1, -0.05) is 5.92 Å². The Labute approximate surface area is 157 Å². The summed E-state index contributed by atoms with van der Waals surface area (Å²) < 4.78 is 10.9. The van der Waals surface area contributed by atoms with E-state index in [1.165, 1.54) is 31.4 Å². The van der Waals surface area contributed by atoms with Crippen LogP contribution < -0.4 is 4.74 Å². The third kappa shape index (κ3) is 3.56. The van der Waals surface area contributed by atoms with Gasteiger partial charge in [0.2, 0.25) is 0 Å². The molecule has 0 unspecified atom stereocenters. The number of carbonyl (C=O) groups is 2. The number of hydrogen-bond donors (Lipinski definition) is 0. The summed E-state index contributed by atoms with van der Waals surface area (Å²) in [7, 11) is 1.44. The lowest BCUT2D eigenvalue weighted by Gasteiger charge is -2.06. The number of terminal acetylenes is 1. The second-order valence-corrected chi connectivity index (χ2v) is 6.31. The molecule has 8 nitrogen and oxygen atoms in total. The fraction of sp³-hybridized carbons (Fsp3) is 0.111. The number of carbonyl (C=O) groups excluding carboxylic acids is 2. The number of nitro benzene ring substituents is 1. The van der Waals surface area contributed by atoms with Crippen molar-refractivity contribution in [3.05, 3.63) is 51.1 Å². The normalized spacial score (nSPS) is 15.3. The number of nitro groups is 1. The van der Waals surface area contributed by atoms with E-state index in [4.69, 9.17) is 15.6 Å². The molecule has 3 rings (SSSR count). The number of thioether (sulfide) groups is 1. The topological polar surface area (TPSA) is 103 Å². The highest BCUT2D eigenvalue weighted by Crippen LogP contribution is 2.36. The highest BCUT2D eigenvalue weighted by atomic mass is 32.2. The van der Waals surface area contributed by atoms with Gasteiger partial charge in [-0.2, -0.15) is 0 Å². The number of furan rings is 1. The molecule has 1 fully saturated rings. The summed E-state index contributed by atoms with van der Waals surface area (Å²) in [5.74, 6) is 2.80. The van der Waals surface area contributed by atoms with Crippen molar-refractivity contribution in [1.82, 2.24) is 4.90 Å². The summed E-state index contributed by atoms with van der Waals surface area (Å²) in [6, 6.07) is 7.32. The molecular weight excluding hydrogens is 372 g/mol. The van der Waals surface area contributed by atoms with E-state index >= 15 is 0 Å². The van der Waals surface area contributed by atoms with E-state index in [2.05, 4.69) is 5.92 Å². The molecule has 0 spiro atoms. The molecule has 1 aliphatic rings. The van der Waals surface area contributed by atoms with Gasteiger partial charge >= 0.3 is 0 Å². The third-order valence-corrected chi connectivity index (χ3v) is 4.59. The molecule has 0 atom stereocenters. The fourth-order valence-corrected chi connectivity index (χ4v) is 3.25. The Bertz CT molecular complexity index is 1020. The number of hydrogen-bond acceptors (Lipinski definition) is 7. The monoisotopic (exact) mass is 384 g/mol. The zero-order valence-corrected chi connectivity index (χ0v) is 14.8. The van der Waals surface area contributed by atoms with Crippen molar-refractivity contribution >= 4 is 34.7 Å². The van der Waals surface area contributed by atoms with Crippen LogP contribution in [0, 0.1) is 22.5 Å². The molecule has 0 saturated carbocycles. The van der Waals surface area contributed by atoms with E-state index in [-0.39, 0.29) is 17.1 Å². The molecule has 1 aromatic carbocycles. The molecule has 2 amide bonds. The van der Waals surface area contributed by atoms with Crippen molar-refractivity contribution in [3.8, 4) is 29.4 Å². The van der Waals surface area contributed by atoms with Gasteiger partial charge in [-0.3, -0.25) is 24.6 Å². The van der Waals surface area contributed by atoms with Crippen LogP contribution in [0.3, 0.4) is 0 Å². The predicted molar refractivity (Wildman–Crippen MR) is 98.9 cm³/mol. The average Bonchev–Trinajstić information content (AvgIpc) is 3.22. The van der Waals surface area contributed by atoms with E-state index in [0.717, 1.165) is 16.7 Å². The second-order valence-electron chi connectivity index (χ2n) is 5.32. The minimum absolute atomic E-state index is 0.101. The highest BCUT2D eigenvalue weighted by molar-refractivity contribution is 8.18. The van der Waals surface area contributed by atoms with Crippen molar-refractivity contribution in [2.75, 3.05) is 13.7 Å². The van der Waals surface area contributed by atoms with Crippen LogP contribution in [0.4, 0.5) is 10.5 Å². The number of ether oxygens (including phenoxy) is 1. The molecule has 0 bridgehead atoms. The molecule has 1 aliphatic heterocycles. The Hall–Kier alpha value is -3.51.